The summed E-state index contributed by atoms with van der Waals surface area (Å²) in [6, 6.07) is 0. The van der Waals surface area contributed by atoms with Crippen molar-refractivity contribution >= 4 is 10.0 Å². The number of hydrogen-bond donors (Lipinski definition) is 1. The lowest BCUT2D eigenvalue weighted by molar-refractivity contribution is 0.370. The Balaban J connectivity index is 3.90. The van der Waals surface area contributed by atoms with Crippen molar-refractivity contribution in [2.24, 2.45) is 5.73 Å². The molecule has 0 aromatic carbocycles. The van der Waals surface area contributed by atoms with Crippen LogP contribution in [0.3, 0.4) is 0 Å². The Bertz CT molecular complexity index is 265. The lowest BCUT2D eigenvalue weighted by Crippen LogP contribution is -2.31. The van der Waals surface area contributed by atoms with Crippen molar-refractivity contribution in [2.45, 2.75) is 19.3 Å². The minimum absolute atomic E-state index is 0.211. The van der Waals surface area contributed by atoms with Gasteiger partial charge in [0.05, 0.1) is 5.75 Å². The lowest BCUT2D eigenvalue weighted by atomic mass is 10.3. The first-order valence-corrected chi connectivity index (χ1v) is 7.30. The van der Waals surface area contributed by atoms with Gasteiger partial charge in [0.25, 0.3) is 0 Å². The van der Waals surface area contributed by atoms with Crippen LogP contribution < -0.4 is 5.73 Å². The van der Waals surface area contributed by atoms with Crippen LogP contribution in [0.1, 0.15) is 19.3 Å². The predicted octanol–water partition coefficient (Wildman–Crippen LogP) is -0.0614. The topological polar surface area (TPSA) is 66.6 Å². The van der Waals surface area contributed by atoms with Crippen LogP contribution in [-0.2, 0) is 10.0 Å². The number of nitrogens with two attached hydrogens (primary N) is 1. The molecule has 0 rings (SSSR count). The van der Waals surface area contributed by atoms with Gasteiger partial charge in [0.15, 0.2) is 0 Å². The summed E-state index contributed by atoms with van der Waals surface area (Å²) < 4.78 is 25.0. The van der Waals surface area contributed by atoms with Crippen LogP contribution >= 0.6 is 0 Å². The summed E-state index contributed by atoms with van der Waals surface area (Å²) in [6.45, 7) is 2.05. The summed E-state index contributed by atoms with van der Waals surface area (Å²) in [5.41, 5.74) is 5.33. The van der Waals surface area contributed by atoms with E-state index in [2.05, 4.69) is 4.90 Å². The SMILES string of the molecule is CN(C)CCCN(C)S(=O)(=O)CCCCN. The maximum atomic E-state index is 11.8. The molecule has 0 aromatic heterocycles. The molecule has 2 N–H and O–H groups in total. The molecule has 0 aliphatic rings. The maximum absolute atomic E-state index is 11.8. The zero-order valence-electron chi connectivity index (χ0n) is 10.6. The molecule has 0 atom stereocenters. The molecule has 0 saturated carbocycles. The van der Waals surface area contributed by atoms with Gasteiger partial charge in [-0.05, 0) is 46.4 Å². The first-order chi connectivity index (χ1) is 7.40. The third kappa shape index (κ3) is 7.16. The molecular weight excluding hydrogens is 226 g/mol. The quantitative estimate of drug-likeness (QED) is 0.583. The van der Waals surface area contributed by atoms with Gasteiger partial charge in [-0.15, -0.1) is 0 Å². The summed E-state index contributed by atoms with van der Waals surface area (Å²) in [4.78, 5) is 2.05. The summed E-state index contributed by atoms with van der Waals surface area (Å²) in [5.74, 6) is 0.211. The maximum Gasteiger partial charge on any atom is 0.213 e. The highest BCUT2D eigenvalue weighted by molar-refractivity contribution is 7.89. The van der Waals surface area contributed by atoms with E-state index >= 15 is 0 Å². The molecule has 5 nitrogen and oxygen atoms in total. The van der Waals surface area contributed by atoms with Gasteiger partial charge >= 0.3 is 0 Å². The summed E-state index contributed by atoms with van der Waals surface area (Å²) in [5, 5.41) is 0. The minimum Gasteiger partial charge on any atom is -0.330 e. The number of unbranched alkanes of at least 4 members (excludes halogenated alkanes) is 1. The molecule has 16 heavy (non-hydrogen) atoms. The molecule has 6 heteroatoms. The molecule has 0 aromatic rings. The number of rotatable bonds is 9. The minimum atomic E-state index is -3.07. The molecule has 98 valence electrons. The van der Waals surface area contributed by atoms with Gasteiger partial charge < -0.3 is 10.6 Å². The van der Waals surface area contributed by atoms with Crippen LogP contribution in [0.15, 0.2) is 0 Å². The Kier molecular flexibility index (Phi) is 7.91. The zero-order valence-corrected chi connectivity index (χ0v) is 11.5. The Labute approximate surface area is 99.6 Å². The van der Waals surface area contributed by atoms with Crippen molar-refractivity contribution in [3.05, 3.63) is 0 Å². The molecule has 0 aliphatic carbocycles. The average Bonchev–Trinajstić information content (AvgIpc) is 2.17. The molecule has 0 saturated heterocycles. The van der Waals surface area contributed by atoms with Gasteiger partial charge in [-0.25, -0.2) is 12.7 Å². The molecule has 0 bridgehead atoms. The van der Waals surface area contributed by atoms with E-state index in [0.29, 0.717) is 19.5 Å². The second kappa shape index (κ2) is 8.00. The smallest absolute Gasteiger partial charge is 0.213 e. The molecule has 0 aliphatic heterocycles. The van der Waals surface area contributed by atoms with Crippen molar-refractivity contribution in [3.63, 3.8) is 0 Å². The van der Waals surface area contributed by atoms with Crippen LogP contribution in [0, 0.1) is 0 Å². The fraction of sp³-hybridized carbons (Fsp3) is 1.00. The molecule has 0 spiro atoms. The highest BCUT2D eigenvalue weighted by Crippen LogP contribution is 2.03. The van der Waals surface area contributed by atoms with E-state index in [1.54, 1.807) is 7.05 Å². The molecule has 0 unspecified atom stereocenters. The van der Waals surface area contributed by atoms with Crippen molar-refractivity contribution in [3.8, 4) is 0 Å². The highest BCUT2D eigenvalue weighted by Gasteiger charge is 2.16. The van der Waals surface area contributed by atoms with Gasteiger partial charge in [0.1, 0.15) is 0 Å². The van der Waals surface area contributed by atoms with E-state index in [4.69, 9.17) is 5.73 Å². The molecule has 0 radical (unpaired) electrons. The van der Waals surface area contributed by atoms with E-state index in [1.165, 1.54) is 4.31 Å². The first-order valence-electron chi connectivity index (χ1n) is 5.69. The van der Waals surface area contributed by atoms with Gasteiger partial charge in [0.2, 0.25) is 10.0 Å². The standard InChI is InChI=1S/C10H25N3O2S/c1-12(2)8-6-9-13(3)16(14,15)10-5-4-7-11/h4-11H2,1-3H3. The second-order valence-corrected chi connectivity index (χ2v) is 6.49. The number of hydrogen-bond acceptors (Lipinski definition) is 4. The Morgan fingerprint density at radius 3 is 2.12 bits per heavy atom. The van der Waals surface area contributed by atoms with Crippen molar-refractivity contribution < 1.29 is 8.42 Å². The largest absolute Gasteiger partial charge is 0.330 e. The fourth-order valence-corrected chi connectivity index (χ4v) is 2.62. The van der Waals surface area contributed by atoms with Crippen LogP contribution in [-0.4, -0.2) is 64.2 Å². The van der Waals surface area contributed by atoms with Crippen molar-refractivity contribution in [1.82, 2.24) is 9.21 Å². The highest BCUT2D eigenvalue weighted by atomic mass is 32.2. The second-order valence-electron chi connectivity index (χ2n) is 4.29. The third-order valence-electron chi connectivity index (χ3n) is 2.41. The summed E-state index contributed by atoms with van der Waals surface area (Å²) in [6.07, 6.45) is 2.28. The van der Waals surface area contributed by atoms with Crippen LogP contribution in [0.4, 0.5) is 0 Å². The molecular formula is C10H25N3O2S. The molecule has 0 amide bonds. The predicted molar refractivity (Wildman–Crippen MR) is 67.9 cm³/mol. The Hall–Kier alpha value is -0.170. The Morgan fingerprint density at radius 1 is 1.00 bits per heavy atom. The number of nitrogens with zero attached hydrogens (tertiary/aromatic N) is 2. The van der Waals surface area contributed by atoms with E-state index in [-0.39, 0.29) is 5.75 Å². The lowest BCUT2D eigenvalue weighted by Gasteiger charge is -2.18. The number of sulfonamides is 1. The van der Waals surface area contributed by atoms with Gasteiger partial charge in [-0.2, -0.15) is 0 Å². The van der Waals surface area contributed by atoms with Crippen LogP contribution in [0.25, 0.3) is 0 Å². The van der Waals surface area contributed by atoms with Gasteiger partial charge in [-0.1, -0.05) is 0 Å². The van der Waals surface area contributed by atoms with Gasteiger partial charge in [0, 0.05) is 13.6 Å². The third-order valence-corrected chi connectivity index (χ3v) is 4.35. The molecule has 0 heterocycles. The van der Waals surface area contributed by atoms with Crippen molar-refractivity contribution in [2.75, 3.05) is 46.5 Å². The zero-order chi connectivity index (χ0) is 12.6. The van der Waals surface area contributed by atoms with Crippen molar-refractivity contribution in [1.29, 1.82) is 0 Å². The van der Waals surface area contributed by atoms with E-state index in [1.807, 2.05) is 14.1 Å². The van der Waals surface area contributed by atoms with Crippen LogP contribution in [0.5, 0.6) is 0 Å². The summed E-state index contributed by atoms with van der Waals surface area (Å²) in [7, 11) is 2.54. The normalized spacial score (nSPS) is 12.6. The van der Waals surface area contributed by atoms with Gasteiger partial charge in [-0.3, -0.25) is 0 Å². The van der Waals surface area contributed by atoms with E-state index in [0.717, 1.165) is 19.4 Å². The first kappa shape index (κ1) is 15.8. The van der Waals surface area contributed by atoms with E-state index in [9.17, 15) is 8.42 Å². The van der Waals surface area contributed by atoms with Crippen LogP contribution in [0.2, 0.25) is 0 Å². The monoisotopic (exact) mass is 251 g/mol. The summed E-state index contributed by atoms with van der Waals surface area (Å²) >= 11 is 0. The average molecular weight is 251 g/mol. The Morgan fingerprint density at radius 2 is 1.62 bits per heavy atom. The van der Waals surface area contributed by atoms with E-state index < -0.39 is 10.0 Å². The fourth-order valence-electron chi connectivity index (χ4n) is 1.33. The molecule has 0 fully saturated rings.